The Morgan fingerprint density at radius 1 is 1.16 bits per heavy atom. The zero-order valence-corrected chi connectivity index (χ0v) is 14.6. The maximum atomic E-state index is 12.4. The molecular weight excluding hydrogens is 318 g/mol. The first-order valence-corrected chi connectivity index (χ1v) is 8.06. The number of ether oxygens (including phenoxy) is 2. The molecule has 2 aromatic carbocycles. The van der Waals surface area contributed by atoms with Crippen LogP contribution in [0.25, 0.3) is 11.0 Å². The Hall–Kier alpha value is -3.02. The van der Waals surface area contributed by atoms with Crippen molar-refractivity contribution in [3.63, 3.8) is 0 Å². The predicted octanol–water partition coefficient (Wildman–Crippen LogP) is 3.39. The lowest BCUT2D eigenvalue weighted by atomic mass is 10.2. The lowest BCUT2D eigenvalue weighted by Gasteiger charge is -2.12. The summed E-state index contributed by atoms with van der Waals surface area (Å²) in [4.78, 5) is 16.9. The molecule has 3 rings (SSSR count). The molecular formula is C19H21N3O3. The monoisotopic (exact) mass is 339 g/mol. The van der Waals surface area contributed by atoms with Crippen molar-refractivity contribution >= 4 is 22.6 Å². The summed E-state index contributed by atoms with van der Waals surface area (Å²) in [5.74, 6) is 2.06. The molecule has 0 bridgehead atoms. The first kappa shape index (κ1) is 16.8. The fourth-order valence-corrected chi connectivity index (χ4v) is 2.82. The first-order chi connectivity index (χ1) is 12.1. The van der Waals surface area contributed by atoms with Crippen LogP contribution in [0.15, 0.2) is 42.5 Å². The third-order valence-corrected chi connectivity index (χ3v) is 4.09. The number of aryl methyl sites for hydroxylation is 2. The van der Waals surface area contributed by atoms with E-state index in [1.165, 1.54) is 0 Å². The molecule has 0 saturated carbocycles. The van der Waals surface area contributed by atoms with Crippen molar-refractivity contribution in [2.24, 2.45) is 0 Å². The van der Waals surface area contributed by atoms with Crippen LogP contribution >= 0.6 is 0 Å². The van der Waals surface area contributed by atoms with Crippen molar-refractivity contribution in [2.45, 2.75) is 19.9 Å². The van der Waals surface area contributed by atoms with Crippen molar-refractivity contribution in [3.8, 4) is 11.5 Å². The van der Waals surface area contributed by atoms with Gasteiger partial charge in [-0.2, -0.15) is 0 Å². The zero-order chi connectivity index (χ0) is 17.8. The number of imidazole rings is 1. The molecule has 0 fully saturated rings. The molecule has 1 amide bonds. The number of nitrogens with zero attached hydrogens (tertiary/aromatic N) is 2. The van der Waals surface area contributed by atoms with Crippen LogP contribution in [0, 0.1) is 6.92 Å². The van der Waals surface area contributed by atoms with Crippen LogP contribution in [0.1, 0.15) is 12.2 Å². The topological polar surface area (TPSA) is 65.4 Å². The van der Waals surface area contributed by atoms with Gasteiger partial charge in [0.2, 0.25) is 5.91 Å². The molecule has 1 heterocycles. The van der Waals surface area contributed by atoms with Crippen LogP contribution in [-0.2, 0) is 11.3 Å². The number of benzene rings is 2. The molecule has 3 aromatic rings. The summed E-state index contributed by atoms with van der Waals surface area (Å²) in [6.45, 7) is 2.51. The van der Waals surface area contributed by atoms with E-state index >= 15 is 0 Å². The Labute approximate surface area is 146 Å². The van der Waals surface area contributed by atoms with Crippen LogP contribution in [0.2, 0.25) is 0 Å². The van der Waals surface area contributed by atoms with E-state index in [0.29, 0.717) is 30.2 Å². The maximum Gasteiger partial charge on any atom is 0.226 e. The van der Waals surface area contributed by atoms with E-state index in [2.05, 4.69) is 14.9 Å². The molecule has 0 atom stereocenters. The fourth-order valence-electron chi connectivity index (χ4n) is 2.82. The lowest BCUT2D eigenvalue weighted by molar-refractivity contribution is -0.116. The molecule has 0 unspecified atom stereocenters. The van der Waals surface area contributed by atoms with Gasteiger partial charge in [-0.05, 0) is 31.2 Å². The highest BCUT2D eigenvalue weighted by Crippen LogP contribution is 2.29. The number of anilines is 1. The van der Waals surface area contributed by atoms with Gasteiger partial charge < -0.3 is 19.4 Å². The number of fused-ring (bicyclic) bond motifs is 1. The second-order valence-corrected chi connectivity index (χ2v) is 5.66. The third kappa shape index (κ3) is 3.57. The van der Waals surface area contributed by atoms with Gasteiger partial charge in [-0.25, -0.2) is 4.98 Å². The molecule has 1 aromatic heterocycles. The number of methoxy groups -OCH3 is 2. The van der Waals surface area contributed by atoms with Gasteiger partial charge in [0.15, 0.2) is 0 Å². The summed E-state index contributed by atoms with van der Waals surface area (Å²) in [6.07, 6.45) is 0.335. The second-order valence-electron chi connectivity index (χ2n) is 5.66. The highest BCUT2D eigenvalue weighted by molar-refractivity contribution is 5.92. The molecule has 6 heteroatoms. The van der Waals surface area contributed by atoms with E-state index in [-0.39, 0.29) is 5.91 Å². The summed E-state index contributed by atoms with van der Waals surface area (Å²) in [6, 6.07) is 13.2. The van der Waals surface area contributed by atoms with E-state index in [0.717, 1.165) is 16.9 Å². The van der Waals surface area contributed by atoms with E-state index in [4.69, 9.17) is 9.47 Å². The minimum atomic E-state index is -0.0938. The number of carbonyl (C=O) groups excluding carboxylic acids is 1. The third-order valence-electron chi connectivity index (χ3n) is 4.09. The molecule has 0 aliphatic carbocycles. The van der Waals surface area contributed by atoms with Crippen LogP contribution < -0.4 is 14.8 Å². The molecule has 0 radical (unpaired) electrons. The molecule has 0 aliphatic heterocycles. The van der Waals surface area contributed by atoms with Crippen molar-refractivity contribution in [1.29, 1.82) is 0 Å². The van der Waals surface area contributed by atoms with Crippen LogP contribution in [0.3, 0.4) is 0 Å². The highest BCUT2D eigenvalue weighted by atomic mass is 16.5. The van der Waals surface area contributed by atoms with E-state index in [9.17, 15) is 4.79 Å². The van der Waals surface area contributed by atoms with Crippen LogP contribution in [0.4, 0.5) is 5.69 Å². The summed E-state index contributed by atoms with van der Waals surface area (Å²) in [5.41, 5.74) is 2.57. The number of hydrogen-bond acceptors (Lipinski definition) is 4. The van der Waals surface area contributed by atoms with Crippen LogP contribution in [0.5, 0.6) is 11.5 Å². The summed E-state index contributed by atoms with van der Waals surface area (Å²) in [5, 5.41) is 2.89. The quantitative estimate of drug-likeness (QED) is 0.747. The first-order valence-electron chi connectivity index (χ1n) is 8.06. The van der Waals surface area contributed by atoms with Gasteiger partial charge in [-0.1, -0.05) is 12.1 Å². The van der Waals surface area contributed by atoms with E-state index in [1.807, 2.05) is 31.2 Å². The minimum Gasteiger partial charge on any atom is -0.497 e. The minimum absolute atomic E-state index is 0.0938. The van der Waals surface area contributed by atoms with Gasteiger partial charge >= 0.3 is 0 Å². The average molecular weight is 339 g/mol. The second kappa shape index (κ2) is 7.25. The van der Waals surface area contributed by atoms with Gasteiger partial charge in [0.05, 0.1) is 30.9 Å². The molecule has 130 valence electrons. The van der Waals surface area contributed by atoms with Crippen molar-refractivity contribution in [1.82, 2.24) is 9.55 Å². The summed E-state index contributed by atoms with van der Waals surface area (Å²) < 4.78 is 12.5. The standard InChI is InChI=1S/C19H21N3O3/c1-13-20-15-6-4-5-7-17(15)22(13)11-10-19(23)21-16-12-14(24-2)8-9-18(16)25-3/h4-9,12H,10-11H2,1-3H3,(H,21,23). The normalized spacial score (nSPS) is 10.7. The Morgan fingerprint density at radius 3 is 2.72 bits per heavy atom. The highest BCUT2D eigenvalue weighted by Gasteiger charge is 2.11. The van der Waals surface area contributed by atoms with Gasteiger partial charge in [-0.3, -0.25) is 4.79 Å². The predicted molar refractivity (Wildman–Crippen MR) is 97.3 cm³/mol. The number of aromatic nitrogens is 2. The zero-order valence-electron chi connectivity index (χ0n) is 14.6. The summed E-state index contributed by atoms with van der Waals surface area (Å²) in [7, 11) is 3.15. The Kier molecular flexibility index (Phi) is 4.88. The molecule has 1 N–H and O–H groups in total. The van der Waals surface area contributed by atoms with E-state index < -0.39 is 0 Å². The molecule has 6 nitrogen and oxygen atoms in total. The maximum absolute atomic E-state index is 12.4. The van der Waals surface area contributed by atoms with E-state index in [1.54, 1.807) is 32.4 Å². The van der Waals surface area contributed by atoms with Crippen molar-refractivity contribution in [3.05, 3.63) is 48.3 Å². The number of hydrogen-bond donors (Lipinski definition) is 1. The molecule has 25 heavy (non-hydrogen) atoms. The number of carbonyl (C=O) groups is 1. The Morgan fingerprint density at radius 2 is 1.96 bits per heavy atom. The Balaban J connectivity index is 1.72. The number of para-hydroxylation sites is 2. The molecule has 0 saturated heterocycles. The van der Waals surface area contributed by atoms with Gasteiger partial charge in [0.25, 0.3) is 0 Å². The SMILES string of the molecule is COc1ccc(OC)c(NC(=O)CCn2c(C)nc3ccccc32)c1. The number of nitrogens with one attached hydrogen (secondary N) is 1. The Bertz CT molecular complexity index is 902. The van der Waals surface area contributed by atoms with Crippen molar-refractivity contribution < 1.29 is 14.3 Å². The van der Waals surface area contributed by atoms with Gasteiger partial charge in [0.1, 0.15) is 17.3 Å². The lowest BCUT2D eigenvalue weighted by Crippen LogP contribution is -2.15. The van der Waals surface area contributed by atoms with Crippen LogP contribution in [-0.4, -0.2) is 29.7 Å². The molecule has 0 aliphatic rings. The molecule has 0 spiro atoms. The fraction of sp³-hybridized carbons (Fsp3) is 0.263. The number of amides is 1. The largest absolute Gasteiger partial charge is 0.497 e. The van der Waals surface area contributed by atoms with Gasteiger partial charge in [0, 0.05) is 19.0 Å². The smallest absolute Gasteiger partial charge is 0.226 e. The number of rotatable bonds is 6. The van der Waals surface area contributed by atoms with Gasteiger partial charge in [-0.15, -0.1) is 0 Å². The average Bonchev–Trinajstić information content (AvgIpc) is 2.95. The summed E-state index contributed by atoms with van der Waals surface area (Å²) >= 11 is 0. The van der Waals surface area contributed by atoms with Crippen molar-refractivity contribution in [2.75, 3.05) is 19.5 Å².